The van der Waals surface area contributed by atoms with Gasteiger partial charge in [-0.25, -0.2) is 8.42 Å². The molecule has 1 N–H and O–H groups in total. The fourth-order valence-corrected chi connectivity index (χ4v) is 5.65. The van der Waals surface area contributed by atoms with Gasteiger partial charge in [0.2, 0.25) is 28.6 Å². The molecule has 0 spiro atoms. The van der Waals surface area contributed by atoms with Crippen molar-refractivity contribution >= 4 is 50.7 Å². The molecule has 2 amide bonds. The third-order valence-electron chi connectivity index (χ3n) is 6.93. The van der Waals surface area contributed by atoms with E-state index in [0.717, 1.165) is 16.1 Å². The molecule has 12 heteroatoms. The quantitative estimate of drug-likeness (QED) is 0.299. The molecule has 0 bridgehead atoms. The van der Waals surface area contributed by atoms with E-state index in [-0.39, 0.29) is 37.4 Å². The van der Waals surface area contributed by atoms with Crippen LogP contribution in [0.1, 0.15) is 31.4 Å². The number of halogens is 2. The molecular weight excluding hydrogens is 601 g/mol. The van der Waals surface area contributed by atoms with Crippen molar-refractivity contribution in [3.8, 4) is 11.5 Å². The molecule has 0 fully saturated rings. The van der Waals surface area contributed by atoms with Gasteiger partial charge in [-0.1, -0.05) is 66.5 Å². The van der Waals surface area contributed by atoms with Crippen LogP contribution in [-0.4, -0.2) is 56.8 Å². The van der Waals surface area contributed by atoms with Crippen LogP contribution < -0.4 is 19.1 Å². The van der Waals surface area contributed by atoms with Crippen molar-refractivity contribution < 1.29 is 27.5 Å². The second-order valence-electron chi connectivity index (χ2n) is 10.1. The molecule has 1 heterocycles. The first-order valence-electron chi connectivity index (χ1n) is 13.4. The Hall–Kier alpha value is -3.47. The Balaban J connectivity index is 1.74. The van der Waals surface area contributed by atoms with Crippen LogP contribution in [0.25, 0.3) is 0 Å². The number of fused-ring (bicyclic) bond motifs is 1. The van der Waals surface area contributed by atoms with Gasteiger partial charge >= 0.3 is 0 Å². The maximum atomic E-state index is 14.2. The Morgan fingerprint density at radius 3 is 2.33 bits per heavy atom. The van der Waals surface area contributed by atoms with Crippen LogP contribution in [0.3, 0.4) is 0 Å². The van der Waals surface area contributed by atoms with Crippen LogP contribution >= 0.6 is 23.2 Å². The molecule has 2 unspecified atom stereocenters. The maximum Gasteiger partial charge on any atom is 0.244 e. The molecule has 42 heavy (non-hydrogen) atoms. The average Bonchev–Trinajstić information content (AvgIpc) is 3.43. The lowest BCUT2D eigenvalue weighted by molar-refractivity contribution is -0.140. The van der Waals surface area contributed by atoms with Gasteiger partial charge < -0.3 is 19.7 Å². The largest absolute Gasteiger partial charge is 0.454 e. The third-order valence-corrected chi connectivity index (χ3v) is 8.81. The lowest BCUT2D eigenvalue weighted by Crippen LogP contribution is -2.54. The number of hydrogen-bond donors (Lipinski definition) is 1. The molecule has 0 saturated carbocycles. The van der Waals surface area contributed by atoms with Crippen molar-refractivity contribution in [1.82, 2.24) is 10.2 Å². The van der Waals surface area contributed by atoms with Crippen molar-refractivity contribution in [1.29, 1.82) is 0 Å². The number of benzene rings is 3. The number of ether oxygens (including phenoxy) is 2. The van der Waals surface area contributed by atoms with E-state index in [0.29, 0.717) is 33.5 Å². The predicted molar refractivity (Wildman–Crippen MR) is 164 cm³/mol. The fourth-order valence-electron chi connectivity index (χ4n) is 4.48. The minimum absolute atomic E-state index is 0.0140. The fraction of sp³-hybridized carbons (Fsp3) is 0.333. The SMILES string of the molecule is CCC(C)NC(=O)C(Cc1ccccc1)N(Cc1ccc(Cl)c(Cl)c1)C(=O)CN(c1ccc2c(c1)OCO2)S(C)(=O)=O. The van der Waals surface area contributed by atoms with E-state index in [1.165, 1.54) is 11.0 Å². The number of sulfonamides is 1. The predicted octanol–water partition coefficient (Wildman–Crippen LogP) is 5.04. The highest BCUT2D eigenvalue weighted by molar-refractivity contribution is 7.92. The number of amides is 2. The van der Waals surface area contributed by atoms with Crippen molar-refractivity contribution in [2.45, 2.75) is 45.3 Å². The Kier molecular flexibility index (Phi) is 10.2. The minimum Gasteiger partial charge on any atom is -0.454 e. The summed E-state index contributed by atoms with van der Waals surface area (Å²) in [5.41, 5.74) is 1.69. The topological polar surface area (TPSA) is 105 Å². The lowest BCUT2D eigenvalue weighted by Gasteiger charge is -2.34. The number of rotatable bonds is 12. The zero-order chi connectivity index (χ0) is 30.4. The van der Waals surface area contributed by atoms with Gasteiger partial charge in [0.05, 0.1) is 22.0 Å². The van der Waals surface area contributed by atoms with Gasteiger partial charge in [0.15, 0.2) is 11.5 Å². The van der Waals surface area contributed by atoms with E-state index in [1.807, 2.05) is 44.2 Å². The number of carbonyl (C=O) groups is 2. The monoisotopic (exact) mass is 633 g/mol. The zero-order valence-corrected chi connectivity index (χ0v) is 25.9. The standard InChI is InChI=1S/C30H33Cl2N3O6S/c1-4-20(2)33-30(37)26(15-21-8-6-5-7-9-21)34(17-22-10-12-24(31)25(32)14-22)29(36)18-35(42(3,38)39)23-11-13-27-28(16-23)41-19-40-27/h5-14,16,20,26H,4,15,17-19H2,1-3H3,(H,33,37). The molecular formula is C30H33Cl2N3O6S. The normalized spacial score (nSPS) is 13.7. The first kappa shape index (κ1) is 31.5. The minimum atomic E-state index is -3.93. The first-order valence-corrected chi connectivity index (χ1v) is 16.0. The van der Waals surface area contributed by atoms with Crippen LogP contribution in [0.5, 0.6) is 11.5 Å². The van der Waals surface area contributed by atoms with E-state index in [1.54, 1.807) is 30.3 Å². The number of nitrogens with one attached hydrogen (secondary N) is 1. The maximum absolute atomic E-state index is 14.2. The third kappa shape index (κ3) is 7.87. The van der Waals surface area contributed by atoms with Crippen LogP contribution in [0.4, 0.5) is 5.69 Å². The second-order valence-corrected chi connectivity index (χ2v) is 12.8. The summed E-state index contributed by atoms with van der Waals surface area (Å²) in [6.07, 6.45) is 1.92. The number of hydrogen-bond acceptors (Lipinski definition) is 6. The molecule has 2 atom stereocenters. The number of nitrogens with zero attached hydrogens (tertiary/aromatic N) is 2. The highest BCUT2D eigenvalue weighted by atomic mass is 35.5. The van der Waals surface area contributed by atoms with Crippen molar-refractivity contribution in [3.63, 3.8) is 0 Å². The zero-order valence-electron chi connectivity index (χ0n) is 23.5. The van der Waals surface area contributed by atoms with Gasteiger partial charge in [0, 0.05) is 25.1 Å². The van der Waals surface area contributed by atoms with E-state index in [2.05, 4.69) is 5.32 Å². The van der Waals surface area contributed by atoms with Crippen LogP contribution in [-0.2, 0) is 32.6 Å². The molecule has 3 aromatic carbocycles. The summed E-state index contributed by atoms with van der Waals surface area (Å²) in [6, 6.07) is 17.8. The second kappa shape index (κ2) is 13.7. The van der Waals surface area contributed by atoms with E-state index in [9.17, 15) is 18.0 Å². The molecule has 0 aromatic heterocycles. The summed E-state index contributed by atoms with van der Waals surface area (Å²) in [4.78, 5) is 29.3. The summed E-state index contributed by atoms with van der Waals surface area (Å²) in [5, 5.41) is 3.63. The highest BCUT2D eigenvalue weighted by Crippen LogP contribution is 2.36. The van der Waals surface area contributed by atoms with Gasteiger partial charge in [0.1, 0.15) is 12.6 Å². The summed E-state index contributed by atoms with van der Waals surface area (Å²) in [5.74, 6) is -0.0828. The molecule has 9 nitrogen and oxygen atoms in total. The molecule has 3 aromatic rings. The van der Waals surface area contributed by atoms with Crippen molar-refractivity contribution in [2.75, 3.05) is 23.9 Å². The molecule has 1 aliphatic rings. The van der Waals surface area contributed by atoms with E-state index >= 15 is 0 Å². The van der Waals surface area contributed by atoms with Gasteiger partial charge in [-0.15, -0.1) is 0 Å². The smallest absolute Gasteiger partial charge is 0.244 e. The van der Waals surface area contributed by atoms with Crippen molar-refractivity contribution in [3.05, 3.63) is 87.9 Å². The highest BCUT2D eigenvalue weighted by Gasteiger charge is 2.34. The molecule has 0 aliphatic carbocycles. The lowest BCUT2D eigenvalue weighted by atomic mass is 10.0. The summed E-state index contributed by atoms with van der Waals surface area (Å²) in [7, 11) is -3.93. The summed E-state index contributed by atoms with van der Waals surface area (Å²) < 4.78 is 37.7. The first-order chi connectivity index (χ1) is 20.0. The summed E-state index contributed by atoms with van der Waals surface area (Å²) >= 11 is 12.4. The molecule has 1 aliphatic heterocycles. The number of carbonyl (C=O) groups excluding carboxylic acids is 2. The van der Waals surface area contributed by atoms with Gasteiger partial charge in [-0.3, -0.25) is 13.9 Å². The van der Waals surface area contributed by atoms with E-state index < -0.39 is 28.5 Å². The Morgan fingerprint density at radius 2 is 1.67 bits per heavy atom. The van der Waals surface area contributed by atoms with Crippen molar-refractivity contribution in [2.24, 2.45) is 0 Å². The van der Waals surface area contributed by atoms with Crippen LogP contribution in [0.2, 0.25) is 10.0 Å². The Labute approximate surface area is 256 Å². The van der Waals surface area contributed by atoms with Gasteiger partial charge in [-0.05, 0) is 48.7 Å². The Bertz CT molecular complexity index is 1540. The van der Waals surface area contributed by atoms with Gasteiger partial charge in [0.25, 0.3) is 0 Å². The molecule has 0 radical (unpaired) electrons. The number of anilines is 1. The molecule has 224 valence electrons. The van der Waals surface area contributed by atoms with Gasteiger partial charge in [-0.2, -0.15) is 0 Å². The molecule has 4 rings (SSSR count). The van der Waals surface area contributed by atoms with Crippen LogP contribution in [0.15, 0.2) is 66.7 Å². The van der Waals surface area contributed by atoms with Crippen LogP contribution in [0, 0.1) is 0 Å². The van der Waals surface area contributed by atoms with E-state index in [4.69, 9.17) is 32.7 Å². The summed E-state index contributed by atoms with van der Waals surface area (Å²) in [6.45, 7) is 3.28. The average molecular weight is 635 g/mol. The Morgan fingerprint density at radius 1 is 0.952 bits per heavy atom. The molecule has 0 saturated heterocycles.